The summed E-state index contributed by atoms with van der Waals surface area (Å²) in [6, 6.07) is 0. The van der Waals surface area contributed by atoms with Crippen LogP contribution in [-0.4, -0.2) is 19.7 Å². The van der Waals surface area contributed by atoms with Gasteiger partial charge < -0.3 is 60.3 Å². The molecule has 0 saturated heterocycles. The molecule has 0 spiro atoms. The zero-order valence-electron chi connectivity index (χ0n) is 32.6. The van der Waals surface area contributed by atoms with E-state index in [0.29, 0.717) is 8.64 Å². The molecule has 0 aromatic rings. The molecule has 2 nitrogen and oxygen atoms in total. The molecule has 276 valence electrons. The Morgan fingerprint density at radius 1 is 0.383 bits per heavy atom. The summed E-state index contributed by atoms with van der Waals surface area (Å²) in [7, 11) is 0. The average molecular weight is 783 g/mol. The third-order valence-electron chi connectivity index (χ3n) is 9.19. The zero-order chi connectivity index (χ0) is 34.8. The van der Waals surface area contributed by atoms with Crippen molar-refractivity contribution in [2.45, 2.75) is 245 Å². The van der Waals surface area contributed by atoms with Gasteiger partial charge in [-0.25, -0.2) is 0 Å². The van der Waals surface area contributed by atoms with Crippen molar-refractivity contribution < 1.29 is 19.5 Å². The van der Waals surface area contributed by atoms with Gasteiger partial charge in [-0.1, -0.05) is 202 Å². The molecule has 0 rings (SSSR count). The molecule has 47 heavy (non-hydrogen) atoms. The van der Waals surface area contributed by atoms with Gasteiger partial charge in [-0.2, -0.15) is 0 Å². The van der Waals surface area contributed by atoms with E-state index in [-0.39, 0.29) is 30.6 Å². The van der Waals surface area contributed by atoms with Gasteiger partial charge in [-0.05, 0) is 40.5 Å². The molecule has 0 bridgehead atoms. The topological polar surface area (TPSA) is 24.1 Å². The van der Waals surface area contributed by atoms with Crippen LogP contribution in [0.5, 0.6) is 0 Å². The normalized spacial score (nSPS) is 11.4. The van der Waals surface area contributed by atoms with E-state index >= 15 is 0 Å². The number of hydrogen-bond donors (Lipinski definition) is 2. The van der Waals surface area contributed by atoms with E-state index in [1.807, 2.05) is 0 Å². The van der Waals surface area contributed by atoms with Crippen LogP contribution in [0, 0.1) is 0 Å². The van der Waals surface area contributed by atoms with Crippen LogP contribution in [0.25, 0.3) is 0 Å². The van der Waals surface area contributed by atoms with Crippen molar-refractivity contribution in [1.29, 1.82) is 0 Å². The maximum absolute atomic E-state index is 4.95. The van der Waals surface area contributed by atoms with Gasteiger partial charge in [0.25, 0.3) is 0 Å². The van der Waals surface area contributed by atoms with Crippen LogP contribution in [0.2, 0.25) is 0 Å². The fourth-order valence-corrected chi connectivity index (χ4v) is 7.31. The summed E-state index contributed by atoms with van der Waals surface area (Å²) in [5, 5.41) is 6.42. The number of unbranched alkanes of at least 4 members (excludes halogenated alkanes) is 26. The Morgan fingerprint density at radius 2 is 0.553 bits per heavy atom. The Labute approximate surface area is 331 Å². The largest absolute Gasteiger partial charge is 2.00 e. The summed E-state index contributed by atoms with van der Waals surface area (Å²) < 4.78 is 1.00. The predicted molar refractivity (Wildman–Crippen MR) is 224 cm³/mol. The van der Waals surface area contributed by atoms with Gasteiger partial charge in [0, 0.05) is 11.1 Å². The Morgan fingerprint density at radius 3 is 0.723 bits per heavy atom. The van der Waals surface area contributed by atoms with Gasteiger partial charge in [0.2, 0.25) is 0 Å². The standard InChI is InChI=1S/2C20H41NS2.Zn/c2*1-4-5-6-7-8-9-10-11-12-13-14-15-16-17-18-20(2,3)21-19(22)23;/h2*4-18H2,1-3H3,(H2,21,22,23);/q;;+2/p-2. The van der Waals surface area contributed by atoms with Crippen molar-refractivity contribution >= 4 is 58.3 Å². The van der Waals surface area contributed by atoms with Crippen LogP contribution < -0.4 is 10.6 Å². The maximum atomic E-state index is 4.95. The summed E-state index contributed by atoms with van der Waals surface area (Å²) in [5.41, 5.74) is 0.131. The summed E-state index contributed by atoms with van der Waals surface area (Å²) in [5.74, 6) is 0. The van der Waals surface area contributed by atoms with Crippen molar-refractivity contribution in [3.8, 4) is 0 Å². The first-order chi connectivity index (χ1) is 22.0. The van der Waals surface area contributed by atoms with Crippen LogP contribution in [0.3, 0.4) is 0 Å². The maximum Gasteiger partial charge on any atom is 2.00 e. The van der Waals surface area contributed by atoms with Gasteiger partial charge >= 0.3 is 19.5 Å². The Balaban J connectivity index is -0.000000807. The molecule has 0 fully saturated rings. The summed E-state index contributed by atoms with van der Waals surface area (Å²) in [6.07, 6.45) is 41.8. The minimum Gasteiger partial charge on any atom is -0.412 e. The third-order valence-corrected chi connectivity index (χ3v) is 9.60. The second-order valence-electron chi connectivity index (χ2n) is 15.3. The Bertz CT molecular complexity index is 617. The minimum absolute atomic E-state index is 0. The Kier molecular flexibility index (Phi) is 42.3. The molecule has 0 radical (unpaired) electrons. The van der Waals surface area contributed by atoms with Gasteiger partial charge in [0.05, 0.1) is 0 Å². The van der Waals surface area contributed by atoms with Crippen LogP contribution in [0.1, 0.15) is 234 Å². The molecule has 7 heteroatoms. The molecule has 0 amide bonds. The number of rotatable bonds is 32. The van der Waals surface area contributed by atoms with E-state index in [0.717, 1.165) is 12.8 Å². The SMILES string of the molecule is CCCCCCCCCCCCCCCCC(C)(C)NC(=S)[S-].CCCCCCCCCCCCCCCCC(C)(C)NC(=S)[S-].[Zn+2]. The second-order valence-corrected chi connectivity index (χ2v) is 17.4. The van der Waals surface area contributed by atoms with E-state index < -0.39 is 0 Å². The molecule has 0 saturated carbocycles. The second kappa shape index (κ2) is 38.1. The molecule has 0 aromatic heterocycles. The molecular formula is C40H80N2S4Zn. The van der Waals surface area contributed by atoms with Gasteiger partial charge in [0.1, 0.15) is 0 Å². The summed E-state index contributed by atoms with van der Waals surface area (Å²) >= 11 is 19.8. The minimum atomic E-state index is 0. The summed E-state index contributed by atoms with van der Waals surface area (Å²) in [4.78, 5) is 0. The van der Waals surface area contributed by atoms with E-state index in [1.165, 1.54) is 180 Å². The summed E-state index contributed by atoms with van der Waals surface area (Å²) in [6.45, 7) is 13.3. The number of nitrogens with one attached hydrogen (secondary N) is 2. The molecule has 0 aliphatic heterocycles. The third kappa shape index (κ3) is 46.8. The first-order valence-corrected chi connectivity index (χ1v) is 21.6. The molecule has 2 N–H and O–H groups in total. The van der Waals surface area contributed by atoms with Crippen LogP contribution in [-0.2, 0) is 44.7 Å². The zero-order valence-corrected chi connectivity index (χ0v) is 38.8. The van der Waals surface area contributed by atoms with Crippen molar-refractivity contribution in [2.24, 2.45) is 0 Å². The van der Waals surface area contributed by atoms with Gasteiger partial charge in [-0.3, -0.25) is 0 Å². The fraction of sp³-hybridized carbons (Fsp3) is 0.950. The Hall–Kier alpha value is 0.843. The predicted octanol–water partition coefficient (Wildman–Crippen LogP) is 14.1. The molecule has 0 atom stereocenters. The first-order valence-electron chi connectivity index (χ1n) is 19.9. The number of hydrogen-bond acceptors (Lipinski definition) is 4. The quantitative estimate of drug-likeness (QED) is 0.0305. The average Bonchev–Trinajstić information content (AvgIpc) is 2.96. The fourth-order valence-electron chi connectivity index (χ4n) is 6.20. The monoisotopic (exact) mass is 780 g/mol. The van der Waals surface area contributed by atoms with Crippen LogP contribution >= 0.6 is 24.4 Å². The van der Waals surface area contributed by atoms with Crippen LogP contribution in [0.15, 0.2) is 0 Å². The molecule has 0 heterocycles. The van der Waals surface area contributed by atoms with Crippen molar-refractivity contribution in [3.05, 3.63) is 0 Å². The molecule has 0 aromatic carbocycles. The van der Waals surface area contributed by atoms with Crippen molar-refractivity contribution in [3.63, 3.8) is 0 Å². The van der Waals surface area contributed by atoms with Gasteiger partial charge in [-0.15, -0.1) is 0 Å². The smallest absolute Gasteiger partial charge is 0.412 e. The van der Waals surface area contributed by atoms with E-state index in [9.17, 15) is 0 Å². The van der Waals surface area contributed by atoms with Crippen molar-refractivity contribution in [2.75, 3.05) is 0 Å². The molecule has 0 aliphatic rings. The van der Waals surface area contributed by atoms with E-state index in [4.69, 9.17) is 49.7 Å². The van der Waals surface area contributed by atoms with Gasteiger partial charge in [0.15, 0.2) is 0 Å². The number of thiocarbonyl (C=S) groups is 2. The van der Waals surface area contributed by atoms with Crippen LogP contribution in [0.4, 0.5) is 0 Å². The first kappa shape index (κ1) is 52.2. The molecule has 0 unspecified atom stereocenters. The molecule has 0 aliphatic carbocycles. The molecular weight excluding hydrogens is 702 g/mol. The van der Waals surface area contributed by atoms with E-state index in [1.54, 1.807) is 0 Å². The van der Waals surface area contributed by atoms with E-state index in [2.05, 4.69) is 52.2 Å². The van der Waals surface area contributed by atoms with Crippen molar-refractivity contribution in [1.82, 2.24) is 10.6 Å².